The predicted octanol–water partition coefficient (Wildman–Crippen LogP) is 1.77. The summed E-state index contributed by atoms with van der Waals surface area (Å²) in [5, 5.41) is 4.52. The van der Waals surface area contributed by atoms with E-state index in [0.717, 1.165) is 44.2 Å². The molecule has 7 nitrogen and oxygen atoms in total. The van der Waals surface area contributed by atoms with E-state index in [9.17, 15) is 4.79 Å². The van der Waals surface area contributed by atoms with Gasteiger partial charge in [0.05, 0.1) is 26.9 Å². The van der Waals surface area contributed by atoms with Crippen molar-refractivity contribution in [1.29, 1.82) is 0 Å². The smallest absolute Gasteiger partial charge is 0.288 e. The first kappa shape index (κ1) is 18.5. The topological polar surface area (TPSA) is 69.5 Å². The molecule has 0 spiro atoms. The van der Waals surface area contributed by atoms with Gasteiger partial charge in [0.2, 0.25) is 0 Å². The van der Waals surface area contributed by atoms with Crippen LogP contribution in [0.25, 0.3) is 11.4 Å². The maximum Gasteiger partial charge on any atom is 0.288 e. The lowest BCUT2D eigenvalue weighted by Crippen LogP contribution is -2.40. The molecule has 1 aliphatic rings. The van der Waals surface area contributed by atoms with E-state index in [1.54, 1.807) is 11.8 Å². The summed E-state index contributed by atoms with van der Waals surface area (Å²) in [5.41, 5.74) is 1.27. The monoisotopic (exact) mass is 358 g/mol. The van der Waals surface area contributed by atoms with Crippen molar-refractivity contribution in [2.24, 2.45) is 0 Å². The third-order valence-corrected chi connectivity index (χ3v) is 4.50. The van der Waals surface area contributed by atoms with E-state index in [2.05, 4.69) is 15.0 Å². The molecule has 0 aliphatic carbocycles. The van der Waals surface area contributed by atoms with Crippen molar-refractivity contribution in [1.82, 2.24) is 19.7 Å². The number of rotatable bonds is 6. The van der Waals surface area contributed by atoms with E-state index < -0.39 is 0 Å². The first-order valence-electron chi connectivity index (χ1n) is 9.02. The normalized spacial score (nSPS) is 15.4. The Balaban J connectivity index is 1.92. The van der Waals surface area contributed by atoms with E-state index in [4.69, 9.17) is 9.47 Å². The molecular formula is C19H26N4O3. The van der Waals surface area contributed by atoms with Crippen LogP contribution >= 0.6 is 0 Å². The molecule has 0 saturated carbocycles. The SMILES string of the molecule is COc1cccc(-c2nc(C(C)C)c(=O)n(CCN3CCOCC3)n2)c1. The van der Waals surface area contributed by atoms with Crippen LogP contribution in [-0.2, 0) is 11.3 Å². The lowest BCUT2D eigenvalue weighted by Gasteiger charge is -2.26. The molecule has 26 heavy (non-hydrogen) atoms. The van der Waals surface area contributed by atoms with Crippen LogP contribution in [0.2, 0.25) is 0 Å². The number of nitrogens with zero attached hydrogens (tertiary/aromatic N) is 4. The van der Waals surface area contributed by atoms with Crippen molar-refractivity contribution >= 4 is 0 Å². The molecule has 0 N–H and O–H groups in total. The predicted molar refractivity (Wildman–Crippen MR) is 99.6 cm³/mol. The van der Waals surface area contributed by atoms with E-state index in [1.807, 2.05) is 38.1 Å². The highest BCUT2D eigenvalue weighted by molar-refractivity contribution is 5.57. The molecule has 2 heterocycles. The van der Waals surface area contributed by atoms with Gasteiger partial charge in [0.15, 0.2) is 5.82 Å². The minimum Gasteiger partial charge on any atom is -0.497 e. The van der Waals surface area contributed by atoms with Crippen molar-refractivity contribution in [2.75, 3.05) is 40.0 Å². The van der Waals surface area contributed by atoms with Gasteiger partial charge in [-0.2, -0.15) is 0 Å². The van der Waals surface area contributed by atoms with Crippen LogP contribution in [0, 0.1) is 0 Å². The quantitative estimate of drug-likeness (QED) is 0.784. The highest BCUT2D eigenvalue weighted by Gasteiger charge is 2.16. The molecule has 1 aliphatic heterocycles. The van der Waals surface area contributed by atoms with E-state index >= 15 is 0 Å². The fourth-order valence-electron chi connectivity index (χ4n) is 2.95. The number of morpholine rings is 1. The molecule has 140 valence electrons. The Bertz CT molecular complexity index is 798. The fraction of sp³-hybridized carbons (Fsp3) is 0.526. The Morgan fingerprint density at radius 3 is 2.69 bits per heavy atom. The number of aromatic nitrogens is 3. The van der Waals surface area contributed by atoms with Crippen molar-refractivity contribution in [2.45, 2.75) is 26.3 Å². The van der Waals surface area contributed by atoms with Crippen LogP contribution in [-0.4, -0.2) is 59.6 Å². The Morgan fingerprint density at radius 1 is 1.23 bits per heavy atom. The van der Waals surface area contributed by atoms with E-state index in [0.29, 0.717) is 18.1 Å². The summed E-state index contributed by atoms with van der Waals surface area (Å²) < 4.78 is 12.2. The second-order valence-electron chi connectivity index (χ2n) is 6.69. The zero-order chi connectivity index (χ0) is 18.5. The summed E-state index contributed by atoms with van der Waals surface area (Å²) in [6.45, 7) is 8.53. The second-order valence-corrected chi connectivity index (χ2v) is 6.69. The number of ether oxygens (including phenoxy) is 2. The summed E-state index contributed by atoms with van der Waals surface area (Å²) in [7, 11) is 1.63. The van der Waals surface area contributed by atoms with Crippen LogP contribution in [0.4, 0.5) is 0 Å². The lowest BCUT2D eigenvalue weighted by molar-refractivity contribution is 0.0357. The molecule has 3 rings (SSSR count). The van der Waals surface area contributed by atoms with Crippen LogP contribution in [0.3, 0.4) is 0 Å². The molecule has 0 unspecified atom stereocenters. The van der Waals surface area contributed by atoms with Crippen molar-refractivity contribution in [3.8, 4) is 17.1 Å². The Morgan fingerprint density at radius 2 is 2.00 bits per heavy atom. The van der Waals surface area contributed by atoms with Crippen molar-refractivity contribution < 1.29 is 9.47 Å². The maximum atomic E-state index is 12.8. The summed E-state index contributed by atoms with van der Waals surface area (Å²) in [4.78, 5) is 19.6. The molecule has 1 aromatic carbocycles. The molecule has 1 saturated heterocycles. The van der Waals surface area contributed by atoms with Gasteiger partial charge in [-0.25, -0.2) is 9.67 Å². The zero-order valence-corrected chi connectivity index (χ0v) is 15.6. The van der Waals surface area contributed by atoms with Gasteiger partial charge in [-0.15, -0.1) is 5.10 Å². The highest BCUT2D eigenvalue weighted by Crippen LogP contribution is 2.21. The third kappa shape index (κ3) is 4.28. The Labute approximate surface area is 153 Å². The average molecular weight is 358 g/mol. The van der Waals surface area contributed by atoms with Crippen molar-refractivity contribution in [3.05, 3.63) is 40.3 Å². The molecule has 1 aromatic heterocycles. The molecule has 1 fully saturated rings. The molecule has 0 bridgehead atoms. The Kier molecular flexibility index (Phi) is 6.00. The molecule has 0 amide bonds. The average Bonchev–Trinajstić information content (AvgIpc) is 2.67. The van der Waals surface area contributed by atoms with E-state index in [1.165, 1.54) is 0 Å². The standard InChI is InChI=1S/C19H26N4O3/c1-14(2)17-19(24)23(8-7-22-9-11-26-12-10-22)21-18(20-17)15-5-4-6-16(13-15)25-3/h4-6,13-14H,7-12H2,1-3H3. The first-order chi connectivity index (χ1) is 12.6. The van der Waals surface area contributed by atoms with Crippen LogP contribution in [0.15, 0.2) is 29.1 Å². The van der Waals surface area contributed by atoms with E-state index in [-0.39, 0.29) is 11.5 Å². The van der Waals surface area contributed by atoms with Crippen LogP contribution < -0.4 is 10.3 Å². The summed E-state index contributed by atoms with van der Waals surface area (Å²) in [5.74, 6) is 1.32. The molecular weight excluding hydrogens is 332 g/mol. The molecule has 0 atom stereocenters. The highest BCUT2D eigenvalue weighted by atomic mass is 16.5. The van der Waals surface area contributed by atoms with Gasteiger partial charge in [-0.05, 0) is 12.1 Å². The summed E-state index contributed by atoms with van der Waals surface area (Å²) >= 11 is 0. The van der Waals surface area contributed by atoms with Gasteiger partial charge in [0.25, 0.3) is 5.56 Å². The molecule has 0 radical (unpaired) electrons. The minimum atomic E-state index is -0.111. The minimum absolute atomic E-state index is 0.0319. The molecule has 2 aromatic rings. The zero-order valence-electron chi connectivity index (χ0n) is 15.6. The van der Waals surface area contributed by atoms with Crippen LogP contribution in [0.1, 0.15) is 25.5 Å². The fourth-order valence-corrected chi connectivity index (χ4v) is 2.95. The lowest BCUT2D eigenvalue weighted by atomic mass is 10.1. The largest absolute Gasteiger partial charge is 0.497 e. The van der Waals surface area contributed by atoms with Gasteiger partial charge in [-0.3, -0.25) is 9.69 Å². The third-order valence-electron chi connectivity index (χ3n) is 4.50. The number of hydrogen-bond donors (Lipinski definition) is 0. The second kappa shape index (κ2) is 8.42. The van der Waals surface area contributed by atoms with Gasteiger partial charge in [0.1, 0.15) is 11.4 Å². The summed E-state index contributed by atoms with van der Waals surface area (Å²) in [6.07, 6.45) is 0. The van der Waals surface area contributed by atoms with Gasteiger partial charge in [0, 0.05) is 31.1 Å². The number of benzene rings is 1. The van der Waals surface area contributed by atoms with Crippen LogP contribution in [0.5, 0.6) is 5.75 Å². The van der Waals surface area contributed by atoms with Gasteiger partial charge in [-0.1, -0.05) is 26.0 Å². The summed E-state index contributed by atoms with van der Waals surface area (Å²) in [6, 6.07) is 7.59. The Hall–Kier alpha value is -2.25. The first-order valence-corrected chi connectivity index (χ1v) is 9.02. The molecule has 7 heteroatoms. The van der Waals surface area contributed by atoms with Gasteiger partial charge < -0.3 is 9.47 Å². The van der Waals surface area contributed by atoms with Crippen molar-refractivity contribution in [3.63, 3.8) is 0 Å². The number of methoxy groups -OCH3 is 1. The van der Waals surface area contributed by atoms with Gasteiger partial charge >= 0.3 is 0 Å². The maximum absolute atomic E-state index is 12.8. The number of hydrogen-bond acceptors (Lipinski definition) is 6.